The van der Waals surface area contributed by atoms with Crippen LogP contribution in [0.2, 0.25) is 0 Å². The lowest BCUT2D eigenvalue weighted by Gasteiger charge is -2.28. The highest BCUT2D eigenvalue weighted by atomic mass is 32.1. The fourth-order valence-electron chi connectivity index (χ4n) is 5.75. The number of halogens is 2. The molecule has 1 fully saturated rings. The quantitative estimate of drug-likeness (QED) is 0.171. The topological polar surface area (TPSA) is 79.2 Å². The normalized spacial score (nSPS) is 14.7. The van der Waals surface area contributed by atoms with Crippen LogP contribution < -0.4 is 10.1 Å². The highest BCUT2D eigenvalue weighted by molar-refractivity contribution is 7.23. The SMILES string of the molecule is CC.CCC[C@@H](c1ccc(-c2cn3c(n2)sc2cc(C(=O)NCCCN4CCC(F)CC4)c(OC)cc23)c(F)c1)N(C)C(C)=O.[HH]. The molecule has 0 radical (unpaired) electrons. The van der Waals surface area contributed by atoms with Crippen molar-refractivity contribution in [3.63, 3.8) is 0 Å². The van der Waals surface area contributed by atoms with Crippen LogP contribution >= 0.6 is 11.3 Å². The first-order valence-electron chi connectivity index (χ1n) is 15.9. The number of carbonyl (C=O) groups excluding carboxylic acids is 2. The second kappa shape index (κ2) is 15.6. The van der Waals surface area contributed by atoms with Crippen LogP contribution in [-0.4, -0.2) is 77.5 Å². The number of nitrogens with one attached hydrogen (secondary N) is 1. The second-order valence-corrected chi connectivity index (χ2v) is 12.2. The largest absolute Gasteiger partial charge is 0.496 e. The highest BCUT2D eigenvalue weighted by Gasteiger charge is 2.22. The minimum atomic E-state index is -0.692. The van der Waals surface area contributed by atoms with Crippen molar-refractivity contribution in [3.05, 3.63) is 53.5 Å². The molecule has 1 N–H and O–H groups in total. The Labute approximate surface area is 269 Å². The molecule has 2 aromatic heterocycles. The van der Waals surface area contributed by atoms with Crippen molar-refractivity contribution in [2.75, 3.05) is 40.3 Å². The summed E-state index contributed by atoms with van der Waals surface area (Å²) in [7, 11) is 3.27. The number of hydrogen-bond acceptors (Lipinski definition) is 6. The Balaban J connectivity index is 0.00000188. The zero-order valence-corrected chi connectivity index (χ0v) is 28.0. The van der Waals surface area contributed by atoms with Gasteiger partial charge in [0, 0.05) is 52.9 Å². The van der Waals surface area contributed by atoms with Gasteiger partial charge in [-0.25, -0.2) is 13.8 Å². The smallest absolute Gasteiger partial charge is 0.255 e. The third-order valence-electron chi connectivity index (χ3n) is 8.29. The van der Waals surface area contributed by atoms with Gasteiger partial charge in [-0.2, -0.15) is 0 Å². The fraction of sp³-hybridized carbons (Fsp3) is 0.500. The van der Waals surface area contributed by atoms with Crippen LogP contribution in [0.25, 0.3) is 26.4 Å². The van der Waals surface area contributed by atoms with E-state index in [2.05, 4.69) is 10.2 Å². The van der Waals surface area contributed by atoms with Crippen molar-refractivity contribution in [3.8, 4) is 17.0 Å². The predicted molar refractivity (Wildman–Crippen MR) is 180 cm³/mol. The molecule has 0 unspecified atom stereocenters. The molecule has 0 bridgehead atoms. The van der Waals surface area contributed by atoms with E-state index in [1.807, 2.05) is 43.4 Å². The Morgan fingerprint density at radius 1 is 1.22 bits per heavy atom. The van der Waals surface area contributed by atoms with E-state index in [1.54, 1.807) is 24.2 Å². The van der Waals surface area contributed by atoms with E-state index in [0.717, 1.165) is 54.7 Å². The first kappa shape index (κ1) is 34.3. The number of fused-ring (bicyclic) bond motifs is 3. The standard InChI is InChI=1S/C32H39F2N5O3S.C2H6.H2/c1-5-7-27(37(3)20(2)40)21-8-9-23(25(34)16-21)26-19-39-28-18-29(42-4)24(17-30(28)43-32(39)36-26)31(41)35-12-6-13-38-14-10-22(33)11-15-38;1-2;/h8-9,16-19,22,27H,5-7,10-15H2,1-4H3,(H,35,41);1-2H3;1H/t27-;;/m0../s1. The molecule has 1 aliphatic rings. The van der Waals surface area contributed by atoms with Crippen LogP contribution in [0.15, 0.2) is 36.5 Å². The van der Waals surface area contributed by atoms with Gasteiger partial charge >= 0.3 is 0 Å². The Hall–Kier alpha value is -3.57. The molecule has 3 heterocycles. The van der Waals surface area contributed by atoms with E-state index in [-0.39, 0.29) is 19.3 Å². The molecule has 4 aromatic rings. The van der Waals surface area contributed by atoms with Gasteiger partial charge in [0.15, 0.2) is 4.96 Å². The van der Waals surface area contributed by atoms with Gasteiger partial charge in [0.1, 0.15) is 17.7 Å². The zero-order valence-electron chi connectivity index (χ0n) is 27.2. The van der Waals surface area contributed by atoms with E-state index in [1.165, 1.54) is 31.4 Å². The van der Waals surface area contributed by atoms with Gasteiger partial charge in [0.05, 0.1) is 34.6 Å². The number of thiazole rings is 1. The molecule has 11 heteroatoms. The average Bonchev–Trinajstić information content (AvgIpc) is 3.60. The maximum atomic E-state index is 15.4. The van der Waals surface area contributed by atoms with E-state index in [0.29, 0.717) is 46.9 Å². The summed E-state index contributed by atoms with van der Waals surface area (Å²) in [6, 6.07) is 8.52. The van der Waals surface area contributed by atoms with Crippen molar-refractivity contribution in [2.24, 2.45) is 0 Å². The second-order valence-electron chi connectivity index (χ2n) is 11.2. The Morgan fingerprint density at radius 3 is 2.60 bits per heavy atom. The van der Waals surface area contributed by atoms with E-state index in [4.69, 9.17) is 9.72 Å². The molecule has 1 atom stereocenters. The number of hydrogen-bond donors (Lipinski definition) is 1. The van der Waals surface area contributed by atoms with Crippen LogP contribution in [0.3, 0.4) is 0 Å². The monoisotopic (exact) mass is 643 g/mol. The van der Waals surface area contributed by atoms with Crippen LogP contribution in [0.4, 0.5) is 8.78 Å². The van der Waals surface area contributed by atoms with Gasteiger partial charge in [-0.1, -0.05) is 44.6 Å². The van der Waals surface area contributed by atoms with Crippen molar-refractivity contribution in [2.45, 2.75) is 72.0 Å². The van der Waals surface area contributed by atoms with Crippen LogP contribution in [-0.2, 0) is 4.79 Å². The predicted octanol–water partition coefficient (Wildman–Crippen LogP) is 7.51. The Bertz CT molecular complexity index is 1620. The van der Waals surface area contributed by atoms with E-state index >= 15 is 4.39 Å². The van der Waals surface area contributed by atoms with Gasteiger partial charge in [0.25, 0.3) is 5.91 Å². The number of piperidine rings is 1. The summed E-state index contributed by atoms with van der Waals surface area (Å²) in [5, 5.41) is 2.98. The van der Waals surface area contributed by atoms with Crippen molar-refractivity contribution >= 4 is 38.3 Å². The summed E-state index contributed by atoms with van der Waals surface area (Å²) in [6.07, 6.45) is 4.65. The minimum Gasteiger partial charge on any atom is -0.496 e. The van der Waals surface area contributed by atoms with Crippen LogP contribution in [0.5, 0.6) is 5.75 Å². The van der Waals surface area contributed by atoms with Crippen LogP contribution in [0.1, 0.15) is 83.2 Å². The van der Waals surface area contributed by atoms with Gasteiger partial charge in [0.2, 0.25) is 5.91 Å². The molecule has 0 spiro atoms. The summed E-state index contributed by atoms with van der Waals surface area (Å²) >= 11 is 1.42. The van der Waals surface area contributed by atoms with E-state index in [9.17, 15) is 14.0 Å². The van der Waals surface area contributed by atoms with Crippen molar-refractivity contribution < 1.29 is 24.5 Å². The molecule has 0 saturated carbocycles. The van der Waals surface area contributed by atoms with Gasteiger partial charge in [-0.05, 0) is 56.0 Å². The number of aromatic nitrogens is 2. The molecule has 0 aliphatic carbocycles. The molecular weight excluding hydrogens is 596 g/mol. The summed E-state index contributed by atoms with van der Waals surface area (Å²) < 4.78 is 37.1. The van der Waals surface area contributed by atoms with Gasteiger partial charge in [-0.3, -0.25) is 14.0 Å². The number of alkyl halides is 1. The molecule has 2 amide bonds. The maximum absolute atomic E-state index is 15.4. The maximum Gasteiger partial charge on any atom is 0.255 e. The number of imidazole rings is 1. The molecule has 1 aliphatic heterocycles. The minimum absolute atomic E-state index is 0. The van der Waals surface area contributed by atoms with Crippen molar-refractivity contribution in [1.82, 2.24) is 24.5 Å². The highest BCUT2D eigenvalue weighted by Crippen LogP contribution is 2.35. The number of rotatable bonds is 11. The molecular formula is C34H47F2N5O3S. The first-order chi connectivity index (χ1) is 21.7. The first-order valence-corrected chi connectivity index (χ1v) is 16.7. The van der Waals surface area contributed by atoms with Crippen LogP contribution in [0, 0.1) is 5.82 Å². The molecule has 5 rings (SSSR count). The van der Waals surface area contributed by atoms with E-state index < -0.39 is 12.0 Å². The number of likely N-dealkylation sites (tertiary alicyclic amines) is 1. The number of amides is 2. The molecule has 1 saturated heterocycles. The van der Waals surface area contributed by atoms with Crippen molar-refractivity contribution in [1.29, 1.82) is 0 Å². The zero-order chi connectivity index (χ0) is 32.7. The lowest BCUT2D eigenvalue weighted by atomic mass is 9.98. The third kappa shape index (κ3) is 7.81. The lowest BCUT2D eigenvalue weighted by Crippen LogP contribution is -2.36. The third-order valence-corrected chi connectivity index (χ3v) is 9.31. The molecule has 45 heavy (non-hydrogen) atoms. The number of carbonyl (C=O) groups is 2. The number of benzene rings is 2. The number of nitrogens with zero attached hydrogens (tertiary/aromatic N) is 4. The molecule has 8 nitrogen and oxygen atoms in total. The molecule has 246 valence electrons. The van der Waals surface area contributed by atoms with Gasteiger partial charge in [-0.15, -0.1) is 0 Å². The average molecular weight is 644 g/mol. The summed E-state index contributed by atoms with van der Waals surface area (Å²) in [5.74, 6) is -0.232. The molecule has 2 aromatic carbocycles. The lowest BCUT2D eigenvalue weighted by molar-refractivity contribution is -0.129. The number of methoxy groups -OCH3 is 1. The Morgan fingerprint density at radius 2 is 1.96 bits per heavy atom. The number of ether oxygens (including phenoxy) is 1. The van der Waals surface area contributed by atoms with Gasteiger partial charge < -0.3 is 19.9 Å². The summed E-state index contributed by atoms with van der Waals surface area (Å²) in [4.78, 5) is 34.3. The summed E-state index contributed by atoms with van der Waals surface area (Å²) in [5.41, 5.74) is 2.89. The fourth-order valence-corrected chi connectivity index (χ4v) is 6.78. The Kier molecular flexibility index (Phi) is 11.9. The summed E-state index contributed by atoms with van der Waals surface area (Å²) in [6.45, 7) is 10.4.